The van der Waals surface area contributed by atoms with Crippen LogP contribution in [0.2, 0.25) is 0 Å². The second-order valence-corrected chi connectivity index (χ2v) is 6.34. The van der Waals surface area contributed by atoms with Crippen molar-refractivity contribution in [1.82, 2.24) is 10.4 Å². The summed E-state index contributed by atoms with van der Waals surface area (Å²) in [6, 6.07) is 22.6. The summed E-state index contributed by atoms with van der Waals surface area (Å²) in [4.78, 5) is 7.79. The third kappa shape index (κ3) is 4.64. The topological polar surface area (TPSA) is 24.5 Å². The van der Waals surface area contributed by atoms with E-state index in [0.717, 1.165) is 32.4 Å². The maximum atomic E-state index is 5.16. The first-order valence-corrected chi connectivity index (χ1v) is 8.45. The SMILES string of the molecule is CONC1CCN(Cc2ccccc2)[C@H](Cc2ccccc2)C1. The number of piperidine rings is 1. The Morgan fingerprint density at radius 1 is 1.00 bits per heavy atom. The van der Waals surface area contributed by atoms with Gasteiger partial charge in [-0.2, -0.15) is 5.48 Å². The predicted molar refractivity (Wildman–Crippen MR) is 94.0 cm³/mol. The molecule has 2 atom stereocenters. The van der Waals surface area contributed by atoms with E-state index in [2.05, 4.69) is 71.0 Å². The van der Waals surface area contributed by atoms with Crippen molar-refractivity contribution in [3.63, 3.8) is 0 Å². The third-order valence-corrected chi connectivity index (χ3v) is 4.66. The van der Waals surface area contributed by atoms with Gasteiger partial charge in [0, 0.05) is 25.2 Å². The first-order valence-electron chi connectivity index (χ1n) is 8.45. The van der Waals surface area contributed by atoms with Crippen LogP contribution in [0.4, 0.5) is 0 Å². The van der Waals surface area contributed by atoms with Gasteiger partial charge in [0.05, 0.1) is 7.11 Å². The Morgan fingerprint density at radius 3 is 2.30 bits per heavy atom. The second-order valence-electron chi connectivity index (χ2n) is 6.34. The van der Waals surface area contributed by atoms with Crippen LogP contribution in [0.5, 0.6) is 0 Å². The number of rotatable bonds is 6. The average Bonchev–Trinajstić information content (AvgIpc) is 2.59. The minimum atomic E-state index is 0.445. The van der Waals surface area contributed by atoms with Crippen LogP contribution in [-0.4, -0.2) is 30.6 Å². The fourth-order valence-electron chi connectivity index (χ4n) is 3.50. The van der Waals surface area contributed by atoms with Crippen LogP contribution in [0.1, 0.15) is 24.0 Å². The summed E-state index contributed by atoms with van der Waals surface area (Å²) in [5.41, 5.74) is 5.96. The van der Waals surface area contributed by atoms with Crippen molar-refractivity contribution in [1.29, 1.82) is 0 Å². The summed E-state index contributed by atoms with van der Waals surface area (Å²) >= 11 is 0. The smallest absolute Gasteiger partial charge is 0.0572 e. The summed E-state index contributed by atoms with van der Waals surface area (Å²) in [6.45, 7) is 2.13. The van der Waals surface area contributed by atoms with Gasteiger partial charge in [0.25, 0.3) is 0 Å². The standard InChI is InChI=1S/C20H26N2O/c1-23-21-19-12-13-22(16-18-10-6-3-7-11-18)20(15-19)14-17-8-4-2-5-9-17/h2-11,19-21H,12-16H2,1H3/t19?,20-/m1/s1. The van der Waals surface area contributed by atoms with Crippen molar-refractivity contribution in [2.75, 3.05) is 13.7 Å². The molecule has 122 valence electrons. The zero-order valence-electron chi connectivity index (χ0n) is 13.8. The molecular formula is C20H26N2O. The Kier molecular flexibility index (Phi) is 5.81. The van der Waals surface area contributed by atoms with Gasteiger partial charge in [-0.05, 0) is 30.4 Å². The Balaban J connectivity index is 1.70. The fraction of sp³-hybridized carbons (Fsp3) is 0.400. The molecule has 3 heteroatoms. The molecule has 0 aromatic heterocycles. The van der Waals surface area contributed by atoms with Crippen molar-refractivity contribution >= 4 is 0 Å². The molecule has 1 aliphatic rings. The molecule has 1 aliphatic heterocycles. The van der Waals surface area contributed by atoms with Crippen LogP contribution < -0.4 is 5.48 Å². The zero-order chi connectivity index (χ0) is 15.9. The average molecular weight is 310 g/mol. The predicted octanol–water partition coefficient (Wildman–Crippen LogP) is 3.41. The van der Waals surface area contributed by atoms with E-state index < -0.39 is 0 Å². The van der Waals surface area contributed by atoms with E-state index in [-0.39, 0.29) is 0 Å². The van der Waals surface area contributed by atoms with Crippen molar-refractivity contribution < 1.29 is 4.84 Å². The summed E-state index contributed by atoms with van der Waals surface area (Å²) in [7, 11) is 1.71. The highest BCUT2D eigenvalue weighted by Gasteiger charge is 2.28. The van der Waals surface area contributed by atoms with Gasteiger partial charge in [-0.1, -0.05) is 60.7 Å². The minimum Gasteiger partial charge on any atom is -0.305 e. The molecule has 0 spiro atoms. The Morgan fingerprint density at radius 2 is 1.65 bits per heavy atom. The van der Waals surface area contributed by atoms with Gasteiger partial charge < -0.3 is 4.84 Å². The molecule has 0 saturated carbocycles. The van der Waals surface area contributed by atoms with E-state index in [1.807, 2.05) is 0 Å². The van der Waals surface area contributed by atoms with Crippen LogP contribution in [0.25, 0.3) is 0 Å². The summed E-state index contributed by atoms with van der Waals surface area (Å²) in [5, 5.41) is 0. The first-order chi connectivity index (χ1) is 11.3. The molecule has 3 rings (SSSR count). The summed E-state index contributed by atoms with van der Waals surface area (Å²) in [6.07, 6.45) is 3.34. The summed E-state index contributed by atoms with van der Waals surface area (Å²) < 4.78 is 0. The molecule has 1 N–H and O–H groups in total. The van der Waals surface area contributed by atoms with Gasteiger partial charge in [0.2, 0.25) is 0 Å². The molecule has 0 aliphatic carbocycles. The van der Waals surface area contributed by atoms with Crippen molar-refractivity contribution in [3.05, 3.63) is 71.8 Å². The molecule has 2 aromatic carbocycles. The molecule has 0 amide bonds. The molecule has 1 heterocycles. The lowest BCUT2D eigenvalue weighted by Gasteiger charge is -2.39. The van der Waals surface area contributed by atoms with E-state index in [1.54, 1.807) is 7.11 Å². The summed E-state index contributed by atoms with van der Waals surface area (Å²) in [5.74, 6) is 0. The van der Waals surface area contributed by atoms with E-state index in [9.17, 15) is 0 Å². The van der Waals surface area contributed by atoms with Gasteiger partial charge in [-0.25, -0.2) is 0 Å². The zero-order valence-corrected chi connectivity index (χ0v) is 13.8. The lowest BCUT2D eigenvalue weighted by molar-refractivity contribution is 0.0171. The quantitative estimate of drug-likeness (QED) is 0.828. The van der Waals surface area contributed by atoms with E-state index in [1.165, 1.54) is 11.1 Å². The number of hydroxylamine groups is 1. The highest BCUT2D eigenvalue weighted by molar-refractivity contribution is 5.18. The normalized spacial score (nSPS) is 22.1. The number of benzene rings is 2. The molecule has 2 aromatic rings. The van der Waals surface area contributed by atoms with Crippen LogP contribution in [-0.2, 0) is 17.8 Å². The number of nitrogens with zero attached hydrogens (tertiary/aromatic N) is 1. The van der Waals surface area contributed by atoms with Gasteiger partial charge in [-0.3, -0.25) is 4.90 Å². The molecule has 3 nitrogen and oxygen atoms in total. The number of hydrogen-bond acceptors (Lipinski definition) is 3. The molecule has 1 fully saturated rings. The maximum absolute atomic E-state index is 5.16. The Bertz CT molecular complexity index is 573. The molecule has 0 radical (unpaired) electrons. The van der Waals surface area contributed by atoms with Gasteiger partial charge in [0.15, 0.2) is 0 Å². The van der Waals surface area contributed by atoms with Crippen molar-refractivity contribution in [2.24, 2.45) is 0 Å². The van der Waals surface area contributed by atoms with Gasteiger partial charge in [-0.15, -0.1) is 0 Å². The van der Waals surface area contributed by atoms with Gasteiger partial charge in [0.1, 0.15) is 0 Å². The Hall–Kier alpha value is -1.68. The highest BCUT2D eigenvalue weighted by Crippen LogP contribution is 2.23. The van der Waals surface area contributed by atoms with Crippen LogP contribution in [0.3, 0.4) is 0 Å². The van der Waals surface area contributed by atoms with Crippen LogP contribution >= 0.6 is 0 Å². The van der Waals surface area contributed by atoms with E-state index >= 15 is 0 Å². The lowest BCUT2D eigenvalue weighted by Crippen LogP contribution is -2.48. The number of nitrogens with one attached hydrogen (secondary N) is 1. The third-order valence-electron chi connectivity index (χ3n) is 4.66. The molecular weight excluding hydrogens is 284 g/mol. The van der Waals surface area contributed by atoms with E-state index in [0.29, 0.717) is 12.1 Å². The van der Waals surface area contributed by atoms with E-state index in [4.69, 9.17) is 4.84 Å². The molecule has 0 bridgehead atoms. The number of hydrogen-bond donors (Lipinski definition) is 1. The second kappa shape index (κ2) is 8.25. The molecule has 23 heavy (non-hydrogen) atoms. The Labute approximate surface area is 139 Å². The van der Waals surface area contributed by atoms with Crippen LogP contribution in [0, 0.1) is 0 Å². The molecule has 1 unspecified atom stereocenters. The van der Waals surface area contributed by atoms with Crippen LogP contribution in [0.15, 0.2) is 60.7 Å². The largest absolute Gasteiger partial charge is 0.305 e. The number of likely N-dealkylation sites (tertiary alicyclic amines) is 1. The first kappa shape index (κ1) is 16.2. The maximum Gasteiger partial charge on any atom is 0.0572 e. The van der Waals surface area contributed by atoms with Crippen molar-refractivity contribution in [2.45, 2.75) is 37.9 Å². The monoisotopic (exact) mass is 310 g/mol. The minimum absolute atomic E-state index is 0.445. The van der Waals surface area contributed by atoms with Gasteiger partial charge >= 0.3 is 0 Å². The fourth-order valence-corrected chi connectivity index (χ4v) is 3.50. The molecule has 1 saturated heterocycles. The van der Waals surface area contributed by atoms with Crippen molar-refractivity contribution in [3.8, 4) is 0 Å². The highest BCUT2D eigenvalue weighted by atomic mass is 16.6. The lowest BCUT2D eigenvalue weighted by atomic mass is 9.92.